The SMILES string of the molecule is C[C@H](OC(=O)C[C@H]1C(=O)C[C@@H](C)[C@H]1C[N+](=O)[O-])C(=O)Nc1ccc2c(c1)OCO2. The minimum absolute atomic E-state index is 0.108. The average Bonchev–Trinajstić information content (AvgIpc) is 3.20. The third kappa shape index (κ3) is 4.82. The number of anilines is 1. The molecule has 3 rings (SSSR count). The fourth-order valence-electron chi connectivity index (χ4n) is 3.70. The van der Waals surface area contributed by atoms with Gasteiger partial charge in [-0.3, -0.25) is 24.5 Å². The second kappa shape index (κ2) is 8.46. The van der Waals surface area contributed by atoms with E-state index in [2.05, 4.69) is 5.32 Å². The normalized spacial score (nSPS) is 23.5. The molecule has 0 radical (unpaired) electrons. The largest absolute Gasteiger partial charge is 0.454 e. The second-order valence-electron chi connectivity index (χ2n) is 7.33. The lowest BCUT2D eigenvalue weighted by molar-refractivity contribution is -0.490. The Bertz CT molecular complexity index is 839. The lowest BCUT2D eigenvalue weighted by Gasteiger charge is -2.18. The van der Waals surface area contributed by atoms with Crippen LogP contribution in [0.25, 0.3) is 0 Å². The number of rotatable bonds is 7. The van der Waals surface area contributed by atoms with Gasteiger partial charge in [0.25, 0.3) is 5.91 Å². The van der Waals surface area contributed by atoms with Crippen molar-refractivity contribution in [3.05, 3.63) is 28.3 Å². The molecule has 0 spiro atoms. The van der Waals surface area contributed by atoms with E-state index in [-0.39, 0.29) is 37.9 Å². The van der Waals surface area contributed by atoms with Crippen LogP contribution >= 0.6 is 0 Å². The van der Waals surface area contributed by atoms with Crippen LogP contribution in [0.3, 0.4) is 0 Å². The Kier molecular flexibility index (Phi) is 6.00. The number of esters is 1. The monoisotopic (exact) mass is 406 g/mol. The van der Waals surface area contributed by atoms with E-state index in [9.17, 15) is 24.5 Å². The standard InChI is InChI=1S/C19H22N2O8/c1-10-5-15(22)13(14(10)8-21(25)26)7-18(23)29-11(2)19(24)20-12-3-4-16-17(6-12)28-9-27-16/h3-4,6,10-11,13-14H,5,7-9H2,1-2H3,(H,20,24)/t10-,11+,13-,14-/m1/s1. The maximum Gasteiger partial charge on any atom is 0.307 e. The third-order valence-corrected chi connectivity index (χ3v) is 5.25. The molecule has 1 aliphatic carbocycles. The molecule has 1 heterocycles. The zero-order valence-electron chi connectivity index (χ0n) is 16.1. The van der Waals surface area contributed by atoms with Gasteiger partial charge < -0.3 is 19.5 Å². The molecule has 1 aromatic carbocycles. The van der Waals surface area contributed by atoms with E-state index in [1.807, 2.05) is 0 Å². The highest BCUT2D eigenvalue weighted by Gasteiger charge is 2.44. The molecule has 2 aliphatic rings. The number of fused-ring (bicyclic) bond motifs is 1. The molecule has 1 fully saturated rings. The number of benzene rings is 1. The molecular formula is C19H22N2O8. The van der Waals surface area contributed by atoms with Gasteiger partial charge in [-0.15, -0.1) is 0 Å². The molecule has 156 valence electrons. The Labute approximate surface area is 166 Å². The minimum Gasteiger partial charge on any atom is -0.454 e. The van der Waals surface area contributed by atoms with Crippen LogP contribution in [-0.2, 0) is 19.1 Å². The summed E-state index contributed by atoms with van der Waals surface area (Å²) in [5.74, 6) is -1.84. The summed E-state index contributed by atoms with van der Waals surface area (Å²) in [6.45, 7) is 2.91. The second-order valence-corrected chi connectivity index (χ2v) is 7.33. The molecule has 29 heavy (non-hydrogen) atoms. The van der Waals surface area contributed by atoms with E-state index in [0.717, 1.165) is 0 Å². The summed E-state index contributed by atoms with van der Waals surface area (Å²) in [7, 11) is 0. The first-order valence-electron chi connectivity index (χ1n) is 9.29. The van der Waals surface area contributed by atoms with Gasteiger partial charge in [0.05, 0.1) is 6.42 Å². The Hall–Kier alpha value is -3.17. The molecule has 10 heteroatoms. The third-order valence-electron chi connectivity index (χ3n) is 5.25. The number of carbonyl (C=O) groups excluding carboxylic acids is 3. The Morgan fingerprint density at radius 3 is 2.79 bits per heavy atom. The number of nitro groups is 1. The smallest absolute Gasteiger partial charge is 0.307 e. The summed E-state index contributed by atoms with van der Waals surface area (Å²) in [6.07, 6.45) is -1.17. The lowest BCUT2D eigenvalue weighted by Crippen LogP contribution is -2.32. The molecule has 0 saturated heterocycles. The quantitative estimate of drug-likeness (QED) is 0.411. The number of nitrogens with zero attached hydrogens (tertiary/aromatic N) is 1. The van der Waals surface area contributed by atoms with Gasteiger partial charge in [-0.25, -0.2) is 0 Å². The number of carbonyl (C=O) groups is 3. The number of ether oxygens (including phenoxy) is 3. The molecule has 0 unspecified atom stereocenters. The number of hydrogen-bond acceptors (Lipinski definition) is 8. The van der Waals surface area contributed by atoms with Crippen LogP contribution in [0.2, 0.25) is 0 Å². The molecule has 1 N–H and O–H groups in total. The molecular weight excluding hydrogens is 384 g/mol. The van der Waals surface area contributed by atoms with Crippen LogP contribution in [-0.4, -0.2) is 42.0 Å². The van der Waals surface area contributed by atoms with E-state index in [4.69, 9.17) is 14.2 Å². The van der Waals surface area contributed by atoms with Gasteiger partial charge in [-0.1, -0.05) is 6.92 Å². The van der Waals surface area contributed by atoms with Crippen molar-refractivity contribution in [2.75, 3.05) is 18.7 Å². The Balaban J connectivity index is 1.54. The zero-order chi connectivity index (χ0) is 21.1. The first-order chi connectivity index (χ1) is 13.7. The lowest BCUT2D eigenvalue weighted by atomic mass is 9.88. The van der Waals surface area contributed by atoms with Gasteiger partial charge in [0, 0.05) is 34.9 Å². The van der Waals surface area contributed by atoms with Crippen molar-refractivity contribution in [1.82, 2.24) is 0 Å². The summed E-state index contributed by atoms with van der Waals surface area (Å²) in [6, 6.07) is 4.87. The average molecular weight is 406 g/mol. The van der Waals surface area contributed by atoms with Crippen molar-refractivity contribution in [3.8, 4) is 11.5 Å². The predicted octanol–water partition coefficient (Wildman–Crippen LogP) is 1.79. The molecule has 10 nitrogen and oxygen atoms in total. The molecule has 1 saturated carbocycles. The van der Waals surface area contributed by atoms with Gasteiger partial charge in [0.1, 0.15) is 5.78 Å². The topological polar surface area (TPSA) is 134 Å². The summed E-state index contributed by atoms with van der Waals surface area (Å²) in [5, 5.41) is 13.5. The molecule has 1 aromatic rings. The first-order valence-corrected chi connectivity index (χ1v) is 9.29. The van der Waals surface area contributed by atoms with E-state index >= 15 is 0 Å². The minimum atomic E-state index is -1.10. The number of nitrogens with one attached hydrogen (secondary N) is 1. The predicted molar refractivity (Wildman–Crippen MR) is 99.0 cm³/mol. The maximum atomic E-state index is 12.3. The van der Waals surface area contributed by atoms with Gasteiger partial charge in [-0.05, 0) is 25.0 Å². The van der Waals surface area contributed by atoms with E-state index in [1.54, 1.807) is 25.1 Å². The van der Waals surface area contributed by atoms with Crippen molar-refractivity contribution in [3.63, 3.8) is 0 Å². The van der Waals surface area contributed by atoms with Crippen LogP contribution in [0.15, 0.2) is 18.2 Å². The van der Waals surface area contributed by atoms with E-state index < -0.39 is 34.7 Å². The molecule has 0 aromatic heterocycles. The van der Waals surface area contributed by atoms with Crippen LogP contribution in [0.4, 0.5) is 5.69 Å². The number of hydrogen-bond donors (Lipinski definition) is 1. The van der Waals surface area contributed by atoms with Crippen molar-refractivity contribution < 1.29 is 33.5 Å². The zero-order valence-corrected chi connectivity index (χ0v) is 16.1. The molecule has 1 amide bonds. The number of Topliss-reactive ketones (excluding diaryl/α,β-unsaturated/α-hetero) is 1. The fourth-order valence-corrected chi connectivity index (χ4v) is 3.70. The van der Waals surface area contributed by atoms with Crippen molar-refractivity contribution in [1.29, 1.82) is 0 Å². The van der Waals surface area contributed by atoms with Gasteiger partial charge in [0.15, 0.2) is 17.6 Å². The van der Waals surface area contributed by atoms with Crippen molar-refractivity contribution in [2.45, 2.75) is 32.8 Å². The Morgan fingerprint density at radius 1 is 1.34 bits per heavy atom. The number of amides is 1. The summed E-state index contributed by atoms with van der Waals surface area (Å²) in [5.41, 5.74) is 0.452. The maximum absolute atomic E-state index is 12.3. The molecule has 1 aliphatic heterocycles. The molecule has 4 atom stereocenters. The van der Waals surface area contributed by atoms with Crippen molar-refractivity contribution in [2.24, 2.45) is 17.8 Å². The van der Waals surface area contributed by atoms with Crippen LogP contribution < -0.4 is 14.8 Å². The van der Waals surface area contributed by atoms with Gasteiger partial charge >= 0.3 is 5.97 Å². The highest BCUT2D eigenvalue weighted by atomic mass is 16.7. The van der Waals surface area contributed by atoms with Crippen LogP contribution in [0, 0.1) is 27.9 Å². The van der Waals surface area contributed by atoms with E-state index in [1.165, 1.54) is 6.92 Å². The summed E-state index contributed by atoms with van der Waals surface area (Å²) < 4.78 is 15.6. The van der Waals surface area contributed by atoms with Crippen molar-refractivity contribution >= 4 is 23.3 Å². The Morgan fingerprint density at radius 2 is 2.07 bits per heavy atom. The first kappa shape index (κ1) is 20.6. The van der Waals surface area contributed by atoms with Gasteiger partial charge in [0.2, 0.25) is 13.3 Å². The molecule has 0 bridgehead atoms. The van der Waals surface area contributed by atoms with Crippen LogP contribution in [0.1, 0.15) is 26.7 Å². The number of ketones is 1. The fraction of sp³-hybridized carbons (Fsp3) is 0.526. The van der Waals surface area contributed by atoms with Gasteiger partial charge in [-0.2, -0.15) is 0 Å². The summed E-state index contributed by atoms with van der Waals surface area (Å²) in [4.78, 5) is 47.1. The highest BCUT2D eigenvalue weighted by molar-refractivity contribution is 5.95. The van der Waals surface area contributed by atoms with Crippen LogP contribution in [0.5, 0.6) is 11.5 Å². The summed E-state index contributed by atoms with van der Waals surface area (Å²) >= 11 is 0. The van der Waals surface area contributed by atoms with E-state index in [0.29, 0.717) is 17.2 Å². The highest BCUT2D eigenvalue weighted by Crippen LogP contribution is 2.37.